The minimum Gasteiger partial charge on any atom is -0.508 e. The van der Waals surface area contributed by atoms with Crippen molar-refractivity contribution in [3.63, 3.8) is 0 Å². The van der Waals surface area contributed by atoms with Gasteiger partial charge in [0.2, 0.25) is 0 Å². The smallest absolute Gasteiger partial charge is 0.121 e. The number of fused-ring (bicyclic) bond motifs is 2. The van der Waals surface area contributed by atoms with E-state index in [0.29, 0.717) is 5.75 Å². The second-order valence-electron chi connectivity index (χ2n) is 7.23. The van der Waals surface area contributed by atoms with Crippen LogP contribution in [0.1, 0.15) is 37.9 Å². The Morgan fingerprint density at radius 1 is 0.844 bits per heavy atom. The summed E-state index contributed by atoms with van der Waals surface area (Å²) >= 11 is 3.53. The SMILES string of the molecule is C/C=C\C.C=CC.CN[C@@H](c1cccc2ccccc12)c1c(O)ccc2cc(Br)ccc12. The summed E-state index contributed by atoms with van der Waals surface area (Å²) in [4.78, 5) is 0. The van der Waals surface area contributed by atoms with Crippen molar-refractivity contribution in [3.05, 3.63) is 113 Å². The molecule has 0 heterocycles. The fourth-order valence-corrected chi connectivity index (χ4v) is 3.95. The van der Waals surface area contributed by atoms with Crippen LogP contribution in [0.2, 0.25) is 0 Å². The first-order valence-electron chi connectivity index (χ1n) is 10.7. The van der Waals surface area contributed by atoms with E-state index in [-0.39, 0.29) is 6.04 Å². The molecule has 32 heavy (non-hydrogen) atoms. The van der Waals surface area contributed by atoms with Crippen molar-refractivity contribution in [1.82, 2.24) is 5.32 Å². The third-order valence-electron chi connectivity index (χ3n) is 5.05. The molecule has 4 aromatic rings. The summed E-state index contributed by atoms with van der Waals surface area (Å²) < 4.78 is 1.03. The number of rotatable bonds is 3. The Hall–Kier alpha value is -2.88. The molecule has 0 aliphatic rings. The average molecular weight is 490 g/mol. The Morgan fingerprint density at radius 2 is 1.50 bits per heavy atom. The number of phenolic OH excluding ortho intramolecular Hbond substituents is 1. The molecule has 0 bridgehead atoms. The second-order valence-corrected chi connectivity index (χ2v) is 8.14. The first-order chi connectivity index (χ1) is 15.5. The van der Waals surface area contributed by atoms with Crippen molar-refractivity contribution in [1.29, 1.82) is 0 Å². The van der Waals surface area contributed by atoms with Crippen LogP contribution in [0, 0.1) is 0 Å². The van der Waals surface area contributed by atoms with Crippen LogP contribution in [0.5, 0.6) is 5.75 Å². The van der Waals surface area contributed by atoms with Gasteiger partial charge >= 0.3 is 0 Å². The van der Waals surface area contributed by atoms with Crippen LogP contribution in [0.15, 0.2) is 102 Å². The van der Waals surface area contributed by atoms with Crippen LogP contribution in [0.25, 0.3) is 21.5 Å². The summed E-state index contributed by atoms with van der Waals surface area (Å²) in [5.41, 5.74) is 2.06. The summed E-state index contributed by atoms with van der Waals surface area (Å²) in [6.45, 7) is 9.25. The summed E-state index contributed by atoms with van der Waals surface area (Å²) in [5.74, 6) is 0.308. The second kappa shape index (κ2) is 12.8. The Morgan fingerprint density at radius 3 is 2.16 bits per heavy atom. The number of hydrogen-bond acceptors (Lipinski definition) is 2. The highest BCUT2D eigenvalue weighted by molar-refractivity contribution is 9.10. The number of nitrogens with one attached hydrogen (secondary N) is 1. The molecule has 4 aromatic carbocycles. The van der Waals surface area contributed by atoms with Crippen molar-refractivity contribution >= 4 is 37.5 Å². The topological polar surface area (TPSA) is 32.3 Å². The fourth-order valence-electron chi connectivity index (χ4n) is 3.57. The van der Waals surface area contributed by atoms with Crippen LogP contribution in [-0.2, 0) is 0 Å². The Bertz CT molecular complexity index is 1190. The van der Waals surface area contributed by atoms with Crippen LogP contribution in [0.3, 0.4) is 0 Å². The number of allylic oxidation sites excluding steroid dienone is 3. The van der Waals surface area contributed by atoms with Gasteiger partial charge in [0.15, 0.2) is 0 Å². The number of aromatic hydroxyl groups is 1. The molecule has 2 N–H and O–H groups in total. The van der Waals surface area contributed by atoms with Gasteiger partial charge in [-0.3, -0.25) is 0 Å². The molecule has 0 fully saturated rings. The van der Waals surface area contributed by atoms with Crippen molar-refractivity contribution in [3.8, 4) is 5.75 Å². The monoisotopic (exact) mass is 489 g/mol. The van der Waals surface area contributed by atoms with E-state index < -0.39 is 0 Å². The standard InChI is InChI=1S/C22H18BrNO.C4H8.C3H6/c1-24-22(19-8-4-6-14-5-2-3-7-17(14)19)21-18-11-10-16(23)13-15(18)9-12-20(21)25;1-3-4-2;1-3-2/h2-13,22,24-25H,1H3;3-4H,1-2H3;3H,1H2,2H3/b;4-3-;/t22-;;/m0../s1. The predicted octanol–water partition coefficient (Wildman–Crippen LogP) is 8.54. The van der Waals surface area contributed by atoms with Crippen molar-refractivity contribution < 1.29 is 5.11 Å². The highest BCUT2D eigenvalue weighted by Gasteiger charge is 2.20. The minimum absolute atomic E-state index is 0.101. The first-order valence-corrected chi connectivity index (χ1v) is 11.5. The lowest BCUT2D eigenvalue weighted by Crippen LogP contribution is -2.18. The molecule has 0 saturated carbocycles. The van der Waals surface area contributed by atoms with Gasteiger partial charge in [-0.05, 0) is 73.1 Å². The lowest BCUT2D eigenvalue weighted by Gasteiger charge is -2.22. The maximum absolute atomic E-state index is 10.7. The summed E-state index contributed by atoms with van der Waals surface area (Å²) in [6, 6.07) is 24.4. The summed E-state index contributed by atoms with van der Waals surface area (Å²) in [6.07, 6.45) is 5.75. The Labute approximate surface area is 200 Å². The molecule has 2 nitrogen and oxygen atoms in total. The lowest BCUT2D eigenvalue weighted by molar-refractivity contribution is 0.462. The van der Waals surface area contributed by atoms with E-state index in [1.807, 2.05) is 58.2 Å². The van der Waals surface area contributed by atoms with Gasteiger partial charge in [0, 0.05) is 10.0 Å². The summed E-state index contributed by atoms with van der Waals surface area (Å²) in [7, 11) is 1.93. The van der Waals surface area contributed by atoms with Gasteiger partial charge in [-0.1, -0.05) is 88.8 Å². The Balaban J connectivity index is 0.000000459. The maximum Gasteiger partial charge on any atom is 0.121 e. The molecule has 0 aromatic heterocycles. The van der Waals surface area contributed by atoms with E-state index in [2.05, 4.69) is 76.4 Å². The van der Waals surface area contributed by atoms with Crippen molar-refractivity contribution in [2.24, 2.45) is 0 Å². The van der Waals surface area contributed by atoms with E-state index in [1.54, 1.807) is 12.1 Å². The number of hydrogen-bond donors (Lipinski definition) is 2. The lowest BCUT2D eigenvalue weighted by atomic mass is 9.90. The maximum atomic E-state index is 10.7. The van der Waals surface area contributed by atoms with Gasteiger partial charge in [0.05, 0.1) is 6.04 Å². The van der Waals surface area contributed by atoms with Gasteiger partial charge in [0.1, 0.15) is 5.75 Å². The van der Waals surface area contributed by atoms with E-state index in [9.17, 15) is 5.11 Å². The predicted molar refractivity (Wildman–Crippen MR) is 145 cm³/mol. The molecule has 0 aliphatic carbocycles. The van der Waals surface area contributed by atoms with Gasteiger partial charge in [-0.25, -0.2) is 0 Å². The molecule has 0 saturated heterocycles. The molecule has 0 amide bonds. The normalized spacial score (nSPS) is 11.4. The van der Waals surface area contributed by atoms with Crippen LogP contribution >= 0.6 is 15.9 Å². The third-order valence-corrected chi connectivity index (χ3v) is 5.54. The molecule has 0 radical (unpaired) electrons. The zero-order chi connectivity index (χ0) is 23.5. The quantitative estimate of drug-likeness (QED) is 0.282. The number of halogens is 1. The largest absolute Gasteiger partial charge is 0.508 e. The zero-order valence-electron chi connectivity index (χ0n) is 19.3. The minimum atomic E-state index is -0.101. The molecular weight excluding hydrogens is 458 g/mol. The fraction of sp³-hybridized carbons (Fsp3) is 0.172. The zero-order valence-corrected chi connectivity index (χ0v) is 20.9. The molecule has 1 atom stereocenters. The average Bonchev–Trinajstić information content (AvgIpc) is 2.81. The van der Waals surface area contributed by atoms with E-state index in [1.165, 1.54) is 10.8 Å². The van der Waals surface area contributed by atoms with E-state index in [0.717, 1.165) is 26.4 Å². The van der Waals surface area contributed by atoms with E-state index >= 15 is 0 Å². The number of benzene rings is 4. The van der Waals surface area contributed by atoms with Gasteiger partial charge < -0.3 is 10.4 Å². The molecule has 3 heteroatoms. The van der Waals surface area contributed by atoms with Crippen molar-refractivity contribution in [2.45, 2.75) is 26.8 Å². The number of phenols is 1. The Kier molecular flexibility index (Phi) is 10.2. The molecule has 4 rings (SSSR count). The van der Waals surface area contributed by atoms with Crippen LogP contribution < -0.4 is 5.32 Å². The molecule has 0 spiro atoms. The molecule has 0 unspecified atom stereocenters. The first kappa shape index (κ1) is 25.4. The summed E-state index contributed by atoms with van der Waals surface area (Å²) in [5, 5.41) is 18.6. The van der Waals surface area contributed by atoms with Crippen LogP contribution in [0.4, 0.5) is 0 Å². The highest BCUT2D eigenvalue weighted by atomic mass is 79.9. The third kappa shape index (κ3) is 6.09. The van der Waals surface area contributed by atoms with E-state index in [4.69, 9.17) is 0 Å². The van der Waals surface area contributed by atoms with Gasteiger partial charge in [-0.2, -0.15) is 0 Å². The molecule has 166 valence electrons. The van der Waals surface area contributed by atoms with Crippen LogP contribution in [-0.4, -0.2) is 12.2 Å². The van der Waals surface area contributed by atoms with Gasteiger partial charge in [0.25, 0.3) is 0 Å². The molecular formula is C29H32BrNO. The van der Waals surface area contributed by atoms with Gasteiger partial charge in [-0.15, -0.1) is 6.58 Å². The highest BCUT2D eigenvalue weighted by Crippen LogP contribution is 2.38. The molecule has 0 aliphatic heterocycles. The van der Waals surface area contributed by atoms with Crippen molar-refractivity contribution in [2.75, 3.05) is 7.05 Å².